The molecule has 0 radical (unpaired) electrons. The van der Waals surface area contributed by atoms with Gasteiger partial charge in [0, 0.05) is 18.2 Å². The van der Waals surface area contributed by atoms with Crippen molar-refractivity contribution in [2.24, 2.45) is 0 Å². The van der Waals surface area contributed by atoms with E-state index in [4.69, 9.17) is 10.1 Å². The van der Waals surface area contributed by atoms with Crippen LogP contribution in [0, 0.1) is 0 Å². The summed E-state index contributed by atoms with van der Waals surface area (Å²) >= 11 is 0. The summed E-state index contributed by atoms with van der Waals surface area (Å²) in [5, 5.41) is 4.69. The number of aromatic nitrogens is 4. The molecule has 210 valence electrons. The van der Waals surface area contributed by atoms with E-state index in [1.54, 1.807) is 0 Å². The molecule has 6 rings (SSSR count). The molecule has 0 atom stereocenters. The van der Waals surface area contributed by atoms with Crippen LogP contribution in [0.3, 0.4) is 0 Å². The topological polar surface area (TPSA) is 83.2 Å². The molecule has 39 heavy (non-hydrogen) atoms. The van der Waals surface area contributed by atoms with Gasteiger partial charge in [-0.3, -0.25) is 4.68 Å². The van der Waals surface area contributed by atoms with Crippen LogP contribution in [0.15, 0.2) is 54.7 Å². The fourth-order valence-electron chi connectivity index (χ4n) is 5.36. The van der Waals surface area contributed by atoms with Gasteiger partial charge in [0.15, 0.2) is 11.5 Å². The highest BCUT2D eigenvalue weighted by atomic mass is 15.8. The summed E-state index contributed by atoms with van der Waals surface area (Å²) in [5.74, 6) is 0.895. The SMILES string of the molecule is C.C1CCCCCC1.CCCc1cn(Cc2ccc(-c3ccccc3C3NNNN3)cc2)n2nc(CC)nc12. The molecule has 1 aliphatic carbocycles. The quantitative estimate of drug-likeness (QED) is 0.212. The van der Waals surface area contributed by atoms with Gasteiger partial charge in [0.1, 0.15) is 6.17 Å². The summed E-state index contributed by atoms with van der Waals surface area (Å²) in [6, 6.07) is 17.2. The molecule has 0 spiro atoms. The molecule has 2 fully saturated rings. The Kier molecular flexibility index (Phi) is 10.7. The number of nitrogens with zero attached hydrogens (tertiary/aromatic N) is 4. The van der Waals surface area contributed by atoms with Gasteiger partial charge in [0.2, 0.25) is 0 Å². The first-order chi connectivity index (χ1) is 18.8. The van der Waals surface area contributed by atoms with E-state index in [2.05, 4.69) is 95.2 Å². The Bertz CT molecular complexity index is 1260. The number of benzene rings is 2. The van der Waals surface area contributed by atoms with Crippen molar-refractivity contribution >= 4 is 5.65 Å². The second kappa shape index (κ2) is 14.4. The minimum absolute atomic E-state index is 0. The molecule has 0 unspecified atom stereocenters. The lowest BCUT2D eigenvalue weighted by Crippen LogP contribution is -2.33. The van der Waals surface area contributed by atoms with Crippen LogP contribution < -0.4 is 21.9 Å². The fourth-order valence-corrected chi connectivity index (χ4v) is 5.36. The number of hydrazine groups is 3. The van der Waals surface area contributed by atoms with Crippen molar-refractivity contribution in [3.63, 3.8) is 0 Å². The Morgan fingerprint density at radius 3 is 2.10 bits per heavy atom. The van der Waals surface area contributed by atoms with Crippen LogP contribution in [-0.4, -0.2) is 19.4 Å². The monoisotopic (exact) mass is 530 g/mol. The van der Waals surface area contributed by atoms with E-state index in [1.165, 1.54) is 72.8 Å². The van der Waals surface area contributed by atoms with E-state index >= 15 is 0 Å². The highest BCUT2D eigenvalue weighted by molar-refractivity contribution is 5.68. The highest BCUT2D eigenvalue weighted by Crippen LogP contribution is 2.28. The number of rotatable bonds is 7. The van der Waals surface area contributed by atoms with Gasteiger partial charge in [-0.15, -0.1) is 5.10 Å². The van der Waals surface area contributed by atoms with Crippen molar-refractivity contribution in [1.29, 1.82) is 0 Å². The average molecular weight is 531 g/mol. The second-order valence-corrected chi connectivity index (χ2v) is 10.3. The predicted molar refractivity (Wildman–Crippen MR) is 160 cm³/mol. The molecule has 4 aromatic rings. The van der Waals surface area contributed by atoms with Crippen molar-refractivity contribution < 1.29 is 0 Å². The molecule has 1 saturated carbocycles. The van der Waals surface area contributed by atoms with Gasteiger partial charge in [-0.2, -0.15) is 15.7 Å². The van der Waals surface area contributed by atoms with Gasteiger partial charge in [-0.1, -0.05) is 121 Å². The number of hydrogen-bond acceptors (Lipinski definition) is 6. The Morgan fingerprint density at radius 2 is 1.49 bits per heavy atom. The van der Waals surface area contributed by atoms with E-state index in [0.717, 1.165) is 37.3 Å². The zero-order valence-electron chi connectivity index (χ0n) is 22.8. The van der Waals surface area contributed by atoms with Crippen LogP contribution in [0.2, 0.25) is 0 Å². The maximum Gasteiger partial charge on any atom is 0.178 e. The fraction of sp³-hybridized carbons (Fsp3) is 0.484. The molecule has 4 N–H and O–H groups in total. The predicted octanol–water partition coefficient (Wildman–Crippen LogP) is 6.24. The van der Waals surface area contributed by atoms with E-state index in [0.29, 0.717) is 0 Å². The molecule has 2 aromatic heterocycles. The summed E-state index contributed by atoms with van der Waals surface area (Å²) in [6.07, 6.45) is 15.6. The molecule has 2 aromatic carbocycles. The highest BCUT2D eigenvalue weighted by Gasteiger charge is 2.19. The smallest absolute Gasteiger partial charge is 0.178 e. The molecule has 8 heteroatoms. The van der Waals surface area contributed by atoms with Crippen LogP contribution in [0.25, 0.3) is 16.8 Å². The third-order valence-corrected chi connectivity index (χ3v) is 7.43. The lowest BCUT2D eigenvalue weighted by atomic mass is 9.97. The van der Waals surface area contributed by atoms with Gasteiger partial charge in [-0.25, -0.2) is 15.8 Å². The van der Waals surface area contributed by atoms with Crippen LogP contribution in [0.1, 0.15) is 101 Å². The van der Waals surface area contributed by atoms with Gasteiger partial charge in [-0.05, 0) is 28.7 Å². The third-order valence-electron chi connectivity index (χ3n) is 7.43. The Balaban J connectivity index is 0.000000386. The number of fused-ring (bicyclic) bond motifs is 1. The molecular weight excluding hydrogens is 484 g/mol. The minimum atomic E-state index is 0. The zero-order valence-corrected chi connectivity index (χ0v) is 22.8. The summed E-state index contributed by atoms with van der Waals surface area (Å²) in [4.78, 5) is 4.72. The van der Waals surface area contributed by atoms with Crippen molar-refractivity contribution in [3.8, 4) is 11.1 Å². The molecule has 0 amide bonds. The molecule has 2 aliphatic rings. The number of nitrogens with one attached hydrogen (secondary N) is 4. The standard InChI is InChI=1S/C23H28N8.C7H14.CH4/c1-3-7-18-15-30(31-23(18)24-21(4-2)27-31)14-16-10-12-17(13-11-16)19-8-5-6-9-20(19)22-25-28-29-26-22;1-2-4-6-7-5-3-1;/h5-6,8-13,15,22,25-26,28-29H,3-4,7,14H2,1-2H3;1-7H2;1H4. The first-order valence-corrected chi connectivity index (χ1v) is 14.4. The van der Waals surface area contributed by atoms with Crippen molar-refractivity contribution in [2.45, 2.75) is 98.2 Å². The Hall–Kier alpha value is -3.04. The lowest BCUT2D eigenvalue weighted by Gasteiger charge is -2.15. The molecular formula is C31H46N8. The van der Waals surface area contributed by atoms with E-state index < -0.39 is 0 Å². The van der Waals surface area contributed by atoms with E-state index in [1.807, 2.05) is 4.63 Å². The van der Waals surface area contributed by atoms with Gasteiger partial charge in [0.25, 0.3) is 0 Å². The lowest BCUT2D eigenvalue weighted by molar-refractivity contribution is 0.556. The van der Waals surface area contributed by atoms with Crippen LogP contribution >= 0.6 is 0 Å². The average Bonchev–Trinajstić information content (AvgIpc) is 3.64. The van der Waals surface area contributed by atoms with Crippen molar-refractivity contribution in [2.75, 3.05) is 0 Å². The molecule has 0 bridgehead atoms. The minimum Gasteiger partial charge on any atom is -0.266 e. The van der Waals surface area contributed by atoms with Gasteiger partial charge < -0.3 is 0 Å². The summed E-state index contributed by atoms with van der Waals surface area (Å²) in [7, 11) is 0. The molecule has 1 saturated heterocycles. The number of aryl methyl sites for hydroxylation is 2. The van der Waals surface area contributed by atoms with Crippen molar-refractivity contribution in [3.05, 3.63) is 77.2 Å². The maximum atomic E-state index is 4.72. The molecule has 8 nitrogen and oxygen atoms in total. The third kappa shape index (κ3) is 7.13. The summed E-state index contributed by atoms with van der Waals surface area (Å²) in [5.41, 5.74) is 19.2. The van der Waals surface area contributed by atoms with Crippen LogP contribution in [0.5, 0.6) is 0 Å². The summed E-state index contributed by atoms with van der Waals surface area (Å²) < 4.78 is 4.13. The number of hydrogen-bond donors (Lipinski definition) is 4. The van der Waals surface area contributed by atoms with Crippen LogP contribution in [-0.2, 0) is 19.4 Å². The van der Waals surface area contributed by atoms with Gasteiger partial charge in [0.05, 0.1) is 6.54 Å². The zero-order chi connectivity index (χ0) is 26.2. The first-order valence-electron chi connectivity index (χ1n) is 14.4. The second-order valence-electron chi connectivity index (χ2n) is 10.3. The maximum absolute atomic E-state index is 4.72. The summed E-state index contributed by atoms with van der Waals surface area (Å²) in [6.45, 7) is 5.05. The van der Waals surface area contributed by atoms with Crippen molar-refractivity contribution in [1.82, 2.24) is 41.3 Å². The normalized spacial score (nSPS) is 15.9. The van der Waals surface area contributed by atoms with Gasteiger partial charge >= 0.3 is 0 Å². The van der Waals surface area contributed by atoms with E-state index in [9.17, 15) is 0 Å². The van der Waals surface area contributed by atoms with Crippen LogP contribution in [0.4, 0.5) is 0 Å². The molecule has 1 aliphatic heterocycles. The Morgan fingerprint density at radius 1 is 0.846 bits per heavy atom. The first kappa shape index (κ1) is 29.0. The van der Waals surface area contributed by atoms with E-state index in [-0.39, 0.29) is 13.6 Å². The Labute approximate surface area is 233 Å². The molecule has 3 heterocycles. The largest absolute Gasteiger partial charge is 0.266 e.